The first-order valence-electron chi connectivity index (χ1n) is 6.79. The third kappa shape index (κ3) is 4.64. The number of nitrogens with one attached hydrogen (secondary N) is 1. The van der Waals surface area contributed by atoms with Gasteiger partial charge in [0.25, 0.3) is 0 Å². The molecule has 0 heterocycles. The Morgan fingerprint density at radius 3 is 2.65 bits per heavy atom. The lowest BCUT2D eigenvalue weighted by molar-refractivity contribution is -0.125. The van der Waals surface area contributed by atoms with Crippen LogP contribution in [0.1, 0.15) is 39.5 Å². The van der Waals surface area contributed by atoms with Crippen LogP contribution >= 0.6 is 0 Å². The lowest BCUT2D eigenvalue weighted by atomic mass is 10.0. The number of carbonyl (C=O) groups is 1. The minimum absolute atomic E-state index is 0.0153. The number of hydrogen-bond donors (Lipinski definition) is 2. The average Bonchev–Trinajstić information content (AvgIpc) is 3.15. The highest BCUT2D eigenvalue weighted by molar-refractivity contribution is 5.78. The van der Waals surface area contributed by atoms with Crippen LogP contribution in [0.5, 0.6) is 0 Å². The molecule has 0 aromatic carbocycles. The van der Waals surface area contributed by atoms with Crippen LogP contribution in [0.15, 0.2) is 0 Å². The van der Waals surface area contributed by atoms with Crippen LogP contribution in [0.2, 0.25) is 0 Å². The van der Waals surface area contributed by atoms with Gasteiger partial charge in [-0.25, -0.2) is 0 Å². The van der Waals surface area contributed by atoms with Crippen LogP contribution in [-0.4, -0.2) is 43.0 Å². The molecule has 1 aliphatic rings. The molecule has 2 unspecified atom stereocenters. The van der Waals surface area contributed by atoms with E-state index in [1.807, 2.05) is 0 Å². The summed E-state index contributed by atoms with van der Waals surface area (Å²) >= 11 is 0. The molecule has 0 aromatic heterocycles. The molecule has 1 rings (SSSR count). The molecule has 100 valence electrons. The van der Waals surface area contributed by atoms with E-state index in [4.69, 9.17) is 5.73 Å². The molecular weight excluding hydrogens is 214 g/mol. The lowest BCUT2D eigenvalue weighted by Gasteiger charge is -2.25. The smallest absolute Gasteiger partial charge is 0.224 e. The number of nitrogens with two attached hydrogens (primary N) is 1. The van der Waals surface area contributed by atoms with Gasteiger partial charge in [-0.05, 0) is 33.2 Å². The third-order valence-electron chi connectivity index (χ3n) is 3.68. The largest absolute Gasteiger partial charge is 0.354 e. The Kier molecular flexibility index (Phi) is 5.92. The first-order chi connectivity index (χ1) is 8.10. The highest BCUT2D eigenvalue weighted by Crippen LogP contribution is 2.26. The standard InChI is InChI=1S/C13H27N3O/c1-4-5-11(8-14)13(17)15-9-10(2)16(3)12-6-7-12/h10-12H,4-9,14H2,1-3H3,(H,15,17). The van der Waals surface area contributed by atoms with Crippen LogP contribution in [0.25, 0.3) is 0 Å². The lowest BCUT2D eigenvalue weighted by Crippen LogP contribution is -2.44. The van der Waals surface area contributed by atoms with Crippen molar-refractivity contribution in [3.8, 4) is 0 Å². The zero-order chi connectivity index (χ0) is 12.8. The molecular formula is C13H27N3O. The van der Waals surface area contributed by atoms with Crippen molar-refractivity contribution >= 4 is 5.91 Å². The molecule has 4 nitrogen and oxygen atoms in total. The Labute approximate surface area is 105 Å². The van der Waals surface area contributed by atoms with Gasteiger partial charge in [-0.2, -0.15) is 0 Å². The summed E-state index contributed by atoms with van der Waals surface area (Å²) in [4.78, 5) is 14.2. The molecule has 0 aromatic rings. The number of rotatable bonds is 8. The summed E-state index contributed by atoms with van der Waals surface area (Å²) in [6.45, 7) is 5.42. The summed E-state index contributed by atoms with van der Waals surface area (Å²) in [5, 5.41) is 3.02. The molecule has 1 amide bonds. The number of hydrogen-bond acceptors (Lipinski definition) is 3. The van der Waals surface area contributed by atoms with E-state index in [0.29, 0.717) is 12.6 Å². The van der Waals surface area contributed by atoms with E-state index in [-0.39, 0.29) is 11.8 Å². The van der Waals surface area contributed by atoms with Crippen molar-refractivity contribution in [2.24, 2.45) is 11.7 Å². The Morgan fingerprint density at radius 1 is 1.53 bits per heavy atom. The first kappa shape index (κ1) is 14.5. The SMILES string of the molecule is CCCC(CN)C(=O)NCC(C)N(C)C1CC1. The second-order valence-electron chi connectivity index (χ2n) is 5.21. The summed E-state index contributed by atoms with van der Waals surface area (Å²) in [6, 6.07) is 1.15. The number of nitrogens with zero attached hydrogens (tertiary/aromatic N) is 1. The van der Waals surface area contributed by atoms with Crippen molar-refractivity contribution in [3.05, 3.63) is 0 Å². The summed E-state index contributed by atoms with van der Waals surface area (Å²) in [6.07, 6.45) is 4.49. The van der Waals surface area contributed by atoms with Crippen molar-refractivity contribution in [1.82, 2.24) is 10.2 Å². The number of amides is 1. The van der Waals surface area contributed by atoms with E-state index in [1.165, 1.54) is 12.8 Å². The molecule has 1 aliphatic carbocycles. The summed E-state index contributed by atoms with van der Waals surface area (Å²) < 4.78 is 0. The van der Waals surface area contributed by atoms with E-state index in [1.54, 1.807) is 0 Å². The predicted octanol–water partition coefficient (Wildman–Crippen LogP) is 0.960. The third-order valence-corrected chi connectivity index (χ3v) is 3.68. The topological polar surface area (TPSA) is 58.4 Å². The molecule has 3 N–H and O–H groups in total. The Morgan fingerprint density at radius 2 is 2.18 bits per heavy atom. The molecule has 0 bridgehead atoms. The Hall–Kier alpha value is -0.610. The zero-order valence-corrected chi connectivity index (χ0v) is 11.4. The van der Waals surface area contributed by atoms with Gasteiger partial charge < -0.3 is 11.1 Å². The fraction of sp³-hybridized carbons (Fsp3) is 0.923. The van der Waals surface area contributed by atoms with Gasteiger partial charge >= 0.3 is 0 Å². The zero-order valence-electron chi connectivity index (χ0n) is 11.4. The van der Waals surface area contributed by atoms with E-state index < -0.39 is 0 Å². The van der Waals surface area contributed by atoms with Crippen molar-refractivity contribution < 1.29 is 4.79 Å². The van der Waals surface area contributed by atoms with E-state index in [2.05, 4.69) is 31.1 Å². The second kappa shape index (κ2) is 6.97. The number of likely N-dealkylation sites (N-methyl/N-ethyl adjacent to an activating group) is 1. The summed E-state index contributed by atoms with van der Waals surface area (Å²) in [7, 11) is 2.14. The highest BCUT2D eigenvalue weighted by Gasteiger charge is 2.29. The normalized spacial score (nSPS) is 19.1. The molecule has 1 saturated carbocycles. The summed E-state index contributed by atoms with van der Waals surface area (Å²) in [5.74, 6) is 0.101. The van der Waals surface area contributed by atoms with Crippen LogP contribution < -0.4 is 11.1 Å². The van der Waals surface area contributed by atoms with E-state index in [0.717, 1.165) is 25.4 Å². The molecule has 0 spiro atoms. The van der Waals surface area contributed by atoms with Gasteiger partial charge in [0.2, 0.25) is 5.91 Å². The Balaban J connectivity index is 2.25. The van der Waals surface area contributed by atoms with Crippen molar-refractivity contribution in [1.29, 1.82) is 0 Å². The maximum absolute atomic E-state index is 11.9. The minimum Gasteiger partial charge on any atom is -0.354 e. The first-order valence-corrected chi connectivity index (χ1v) is 6.79. The van der Waals surface area contributed by atoms with Gasteiger partial charge in [0.05, 0.1) is 5.92 Å². The van der Waals surface area contributed by atoms with E-state index >= 15 is 0 Å². The number of carbonyl (C=O) groups excluding carboxylic acids is 1. The maximum atomic E-state index is 11.9. The fourth-order valence-corrected chi connectivity index (χ4v) is 2.08. The molecule has 17 heavy (non-hydrogen) atoms. The summed E-state index contributed by atoms with van der Waals surface area (Å²) in [5.41, 5.74) is 5.61. The predicted molar refractivity (Wildman–Crippen MR) is 70.7 cm³/mol. The van der Waals surface area contributed by atoms with Crippen LogP contribution in [0, 0.1) is 5.92 Å². The molecule has 1 fully saturated rings. The molecule has 0 radical (unpaired) electrons. The molecule has 4 heteroatoms. The van der Waals surface area contributed by atoms with Gasteiger partial charge in [-0.1, -0.05) is 13.3 Å². The molecule has 0 aliphatic heterocycles. The minimum atomic E-state index is -0.0153. The van der Waals surface area contributed by atoms with E-state index in [9.17, 15) is 4.79 Å². The van der Waals surface area contributed by atoms with Crippen LogP contribution in [-0.2, 0) is 4.79 Å². The maximum Gasteiger partial charge on any atom is 0.224 e. The van der Waals surface area contributed by atoms with Gasteiger partial charge in [-0.15, -0.1) is 0 Å². The van der Waals surface area contributed by atoms with Gasteiger partial charge in [0.1, 0.15) is 0 Å². The van der Waals surface area contributed by atoms with Crippen LogP contribution in [0.3, 0.4) is 0 Å². The average molecular weight is 241 g/mol. The molecule has 0 saturated heterocycles. The highest BCUT2D eigenvalue weighted by atomic mass is 16.1. The molecule has 2 atom stereocenters. The Bertz CT molecular complexity index is 241. The van der Waals surface area contributed by atoms with Gasteiger partial charge in [-0.3, -0.25) is 9.69 Å². The second-order valence-corrected chi connectivity index (χ2v) is 5.21. The monoisotopic (exact) mass is 241 g/mol. The van der Waals surface area contributed by atoms with Crippen molar-refractivity contribution in [2.75, 3.05) is 20.1 Å². The van der Waals surface area contributed by atoms with Crippen molar-refractivity contribution in [2.45, 2.75) is 51.6 Å². The van der Waals surface area contributed by atoms with Gasteiger partial charge in [0.15, 0.2) is 0 Å². The quantitative estimate of drug-likeness (QED) is 0.665. The van der Waals surface area contributed by atoms with Crippen LogP contribution in [0.4, 0.5) is 0 Å². The fourth-order valence-electron chi connectivity index (χ4n) is 2.08. The van der Waals surface area contributed by atoms with Crippen molar-refractivity contribution in [3.63, 3.8) is 0 Å². The van der Waals surface area contributed by atoms with Gasteiger partial charge in [0, 0.05) is 25.2 Å².